The fourth-order valence-electron chi connectivity index (χ4n) is 9.31. The zero-order chi connectivity index (χ0) is 36.7. The Morgan fingerprint density at radius 3 is 1.29 bits per heavy atom. The molecule has 0 amide bonds. The minimum absolute atomic E-state index is 1.16. The molecule has 0 spiro atoms. The van der Waals surface area contributed by atoms with Crippen molar-refractivity contribution in [2.45, 2.75) is 0 Å². The summed E-state index contributed by atoms with van der Waals surface area (Å²) in [5.41, 5.74) is 12.1. The van der Waals surface area contributed by atoms with Gasteiger partial charge in [0.15, 0.2) is 0 Å². The quantitative estimate of drug-likeness (QED) is 0.161. The van der Waals surface area contributed by atoms with Gasteiger partial charge in [-0.05, 0) is 115 Å². The monoisotopic (exact) mass is 710 g/mol. The summed E-state index contributed by atoms with van der Waals surface area (Å²) < 4.78 is 4.84. The van der Waals surface area contributed by atoms with E-state index in [2.05, 4.69) is 215 Å². The maximum absolute atomic E-state index is 2.45. The lowest BCUT2D eigenvalue weighted by Crippen LogP contribution is -1.94. The number of para-hydroxylation sites is 3. The lowest BCUT2D eigenvalue weighted by molar-refractivity contribution is 1.18. The van der Waals surface area contributed by atoms with E-state index in [4.69, 9.17) is 0 Å². The van der Waals surface area contributed by atoms with E-state index in [0.29, 0.717) is 0 Å². The molecule has 260 valence electrons. The zero-order valence-electron chi connectivity index (χ0n) is 30.5. The van der Waals surface area contributed by atoms with Gasteiger partial charge in [0.25, 0.3) is 0 Å². The number of benzene rings is 10. The van der Waals surface area contributed by atoms with Gasteiger partial charge in [-0.25, -0.2) is 0 Å². The normalized spacial score (nSPS) is 11.9. The van der Waals surface area contributed by atoms with E-state index in [1.807, 2.05) is 0 Å². The Hall–Kier alpha value is -7.42. The lowest BCUT2D eigenvalue weighted by Gasteiger charge is -2.14. The summed E-state index contributed by atoms with van der Waals surface area (Å²) >= 11 is 0. The third kappa shape index (κ3) is 4.57. The van der Waals surface area contributed by atoms with Crippen molar-refractivity contribution in [2.75, 3.05) is 0 Å². The van der Waals surface area contributed by atoms with Crippen LogP contribution in [0, 0.1) is 0 Å². The highest BCUT2D eigenvalue weighted by atomic mass is 15.0. The van der Waals surface area contributed by atoms with Crippen LogP contribution in [0.1, 0.15) is 0 Å². The Bertz CT molecular complexity index is 3500. The highest BCUT2D eigenvalue weighted by Crippen LogP contribution is 2.43. The second-order valence-corrected chi connectivity index (χ2v) is 14.9. The minimum atomic E-state index is 1.16. The van der Waals surface area contributed by atoms with Crippen molar-refractivity contribution < 1.29 is 0 Å². The highest BCUT2D eigenvalue weighted by molar-refractivity contribution is 6.29. The number of hydrogen-bond donors (Lipinski definition) is 0. The molecule has 0 aliphatic heterocycles. The molecule has 2 aromatic heterocycles. The van der Waals surface area contributed by atoms with Gasteiger partial charge in [-0.3, -0.25) is 0 Å². The molecular weight excluding hydrogens is 677 g/mol. The van der Waals surface area contributed by atoms with Gasteiger partial charge < -0.3 is 9.13 Å². The minimum Gasteiger partial charge on any atom is -0.309 e. The second-order valence-electron chi connectivity index (χ2n) is 14.9. The first-order chi connectivity index (χ1) is 27.8. The summed E-state index contributed by atoms with van der Waals surface area (Å²) in [6, 6.07) is 75.7. The van der Waals surface area contributed by atoms with Crippen molar-refractivity contribution in [3.63, 3.8) is 0 Å². The smallest absolute Gasteiger partial charge is 0.0547 e. The molecular formula is C54H34N2. The van der Waals surface area contributed by atoms with E-state index in [-0.39, 0.29) is 0 Å². The first kappa shape index (κ1) is 31.0. The first-order valence-electron chi connectivity index (χ1n) is 19.3. The lowest BCUT2D eigenvalue weighted by atomic mass is 9.91. The maximum atomic E-state index is 2.45. The van der Waals surface area contributed by atoms with Gasteiger partial charge in [-0.1, -0.05) is 146 Å². The van der Waals surface area contributed by atoms with E-state index in [1.165, 1.54) is 104 Å². The number of fused-ring (bicyclic) bond motifs is 12. The molecule has 0 saturated heterocycles. The van der Waals surface area contributed by atoms with Crippen molar-refractivity contribution in [1.82, 2.24) is 9.13 Å². The SMILES string of the molecule is c1ccc(-c2ccc(-n3c4ccccc4c4cc5c6ccc(-c7ccc8c9ccccc9n(-c9ccccc9)c8c7)cc6c6ccccc6c5cc43)cc2)cc1. The standard InChI is InChI=1S/C54H34N2/c1-3-13-35(14-4-1)36-23-27-40(28-24-36)56-52-22-12-10-20-45(52)50-33-48-43-29-25-37(31-47(43)41-17-7-8-18-42(41)49(48)34-54(50)56)38-26-30-46-44-19-9-11-21-51(44)55(53(46)32-38)39-15-5-2-6-16-39/h1-34H. The van der Waals surface area contributed by atoms with Crippen LogP contribution in [0.2, 0.25) is 0 Å². The van der Waals surface area contributed by atoms with Gasteiger partial charge in [0.1, 0.15) is 0 Å². The summed E-state index contributed by atoms with van der Waals surface area (Å²) in [7, 11) is 0. The average molecular weight is 711 g/mol. The molecule has 0 aliphatic carbocycles. The van der Waals surface area contributed by atoms with Crippen molar-refractivity contribution in [2.24, 2.45) is 0 Å². The maximum Gasteiger partial charge on any atom is 0.0547 e. The zero-order valence-corrected chi connectivity index (χ0v) is 30.5. The fraction of sp³-hybridized carbons (Fsp3) is 0. The number of aromatic nitrogens is 2. The molecule has 56 heavy (non-hydrogen) atoms. The van der Waals surface area contributed by atoms with E-state index < -0.39 is 0 Å². The topological polar surface area (TPSA) is 9.86 Å². The van der Waals surface area contributed by atoms with Crippen LogP contribution in [0.25, 0.3) is 110 Å². The van der Waals surface area contributed by atoms with Gasteiger partial charge in [0.2, 0.25) is 0 Å². The summed E-state index contributed by atoms with van der Waals surface area (Å²) in [6.07, 6.45) is 0. The van der Waals surface area contributed by atoms with Crippen molar-refractivity contribution >= 4 is 75.9 Å². The molecule has 0 radical (unpaired) electrons. The fourth-order valence-corrected chi connectivity index (χ4v) is 9.31. The molecule has 12 aromatic rings. The Morgan fingerprint density at radius 1 is 0.196 bits per heavy atom. The highest BCUT2D eigenvalue weighted by Gasteiger charge is 2.18. The van der Waals surface area contributed by atoms with Gasteiger partial charge in [0, 0.05) is 32.9 Å². The Kier molecular flexibility index (Phi) is 6.66. The predicted octanol–water partition coefficient (Wildman–Crippen LogP) is 14.7. The Morgan fingerprint density at radius 2 is 0.607 bits per heavy atom. The Labute approximate surface area is 323 Å². The molecule has 2 heteroatoms. The Balaban J connectivity index is 1.08. The van der Waals surface area contributed by atoms with Crippen LogP contribution in [0.3, 0.4) is 0 Å². The molecule has 0 N–H and O–H groups in total. The van der Waals surface area contributed by atoms with Crippen LogP contribution in [0.5, 0.6) is 0 Å². The molecule has 2 nitrogen and oxygen atoms in total. The van der Waals surface area contributed by atoms with Gasteiger partial charge >= 0.3 is 0 Å². The van der Waals surface area contributed by atoms with E-state index in [9.17, 15) is 0 Å². The van der Waals surface area contributed by atoms with Gasteiger partial charge in [0.05, 0.1) is 22.1 Å². The molecule has 0 unspecified atom stereocenters. The summed E-state index contributed by atoms with van der Waals surface area (Å²) in [5, 5.41) is 12.7. The number of hydrogen-bond acceptors (Lipinski definition) is 0. The van der Waals surface area contributed by atoms with Crippen molar-refractivity contribution in [3.05, 3.63) is 206 Å². The largest absolute Gasteiger partial charge is 0.309 e. The van der Waals surface area contributed by atoms with E-state index in [1.54, 1.807) is 0 Å². The average Bonchev–Trinajstić information content (AvgIpc) is 3.78. The molecule has 0 aliphatic rings. The third-order valence-electron chi connectivity index (χ3n) is 11.9. The van der Waals surface area contributed by atoms with Crippen LogP contribution >= 0.6 is 0 Å². The summed E-state index contributed by atoms with van der Waals surface area (Å²) in [4.78, 5) is 0. The molecule has 2 heterocycles. The first-order valence-corrected chi connectivity index (χ1v) is 19.3. The molecule has 10 aromatic carbocycles. The van der Waals surface area contributed by atoms with Gasteiger partial charge in [-0.15, -0.1) is 0 Å². The van der Waals surface area contributed by atoms with Crippen LogP contribution in [-0.2, 0) is 0 Å². The van der Waals surface area contributed by atoms with Crippen LogP contribution in [0.15, 0.2) is 206 Å². The predicted molar refractivity (Wildman–Crippen MR) is 239 cm³/mol. The van der Waals surface area contributed by atoms with Crippen molar-refractivity contribution in [1.29, 1.82) is 0 Å². The van der Waals surface area contributed by atoms with Crippen LogP contribution in [0.4, 0.5) is 0 Å². The molecule has 0 fully saturated rings. The third-order valence-corrected chi connectivity index (χ3v) is 11.9. The molecule has 0 saturated carbocycles. The van der Waals surface area contributed by atoms with E-state index in [0.717, 1.165) is 5.69 Å². The molecule has 12 rings (SSSR count). The number of nitrogens with zero attached hydrogens (tertiary/aromatic N) is 2. The number of rotatable bonds is 4. The second kappa shape index (κ2) is 12.0. The van der Waals surface area contributed by atoms with E-state index >= 15 is 0 Å². The van der Waals surface area contributed by atoms with Crippen LogP contribution < -0.4 is 0 Å². The molecule has 0 atom stereocenters. The van der Waals surface area contributed by atoms with Crippen LogP contribution in [-0.4, -0.2) is 9.13 Å². The summed E-state index contributed by atoms with van der Waals surface area (Å²) in [5.74, 6) is 0. The molecule has 0 bridgehead atoms. The van der Waals surface area contributed by atoms with Gasteiger partial charge in [-0.2, -0.15) is 0 Å². The van der Waals surface area contributed by atoms with Crippen molar-refractivity contribution in [3.8, 4) is 33.6 Å². The summed E-state index contributed by atoms with van der Waals surface area (Å²) in [6.45, 7) is 0.